The summed E-state index contributed by atoms with van der Waals surface area (Å²) in [5.74, 6) is -1.63. The number of allylic oxidation sites excluding steroid dienone is 1. The van der Waals surface area contributed by atoms with Crippen molar-refractivity contribution in [3.8, 4) is 0 Å². The molecule has 1 aromatic rings. The zero-order valence-corrected chi connectivity index (χ0v) is 15.4. The van der Waals surface area contributed by atoms with E-state index in [0.717, 1.165) is 4.90 Å². The van der Waals surface area contributed by atoms with Crippen LogP contribution in [0.1, 0.15) is 12.5 Å². The third-order valence-electron chi connectivity index (χ3n) is 5.06. The Hall–Kier alpha value is -2.80. The number of piperazine rings is 1. The van der Waals surface area contributed by atoms with Gasteiger partial charge in [-0.1, -0.05) is 30.3 Å². The van der Waals surface area contributed by atoms with Gasteiger partial charge in [0.1, 0.15) is 0 Å². The number of carbonyl (C=O) groups is 4. The molecule has 2 amide bonds. The number of hydrogen-bond acceptors (Lipinski definition) is 5. The van der Waals surface area contributed by atoms with Gasteiger partial charge in [0, 0.05) is 25.8 Å². The van der Waals surface area contributed by atoms with E-state index in [1.807, 2.05) is 0 Å². The van der Waals surface area contributed by atoms with Gasteiger partial charge in [-0.3, -0.25) is 19.4 Å². The number of benzene rings is 1. The molecule has 1 saturated heterocycles. The molecule has 2 heterocycles. The van der Waals surface area contributed by atoms with Crippen LogP contribution in [0.15, 0.2) is 47.5 Å². The quantitative estimate of drug-likeness (QED) is 0.412. The molecular formula is C19H18ClN3O4. The van der Waals surface area contributed by atoms with Crippen LogP contribution < -0.4 is 0 Å². The minimum Gasteiger partial charge on any atom is -0.333 e. The first-order chi connectivity index (χ1) is 12.9. The highest BCUT2D eigenvalue weighted by Crippen LogP contribution is 2.45. The van der Waals surface area contributed by atoms with Gasteiger partial charge in [0.2, 0.25) is 0 Å². The predicted molar refractivity (Wildman–Crippen MR) is 99.4 cm³/mol. The van der Waals surface area contributed by atoms with E-state index >= 15 is 0 Å². The molecule has 2 unspecified atom stereocenters. The molecule has 2 aliphatic rings. The second kappa shape index (κ2) is 7.08. The van der Waals surface area contributed by atoms with Crippen LogP contribution in [0.25, 0.3) is 0 Å². The highest BCUT2D eigenvalue weighted by Gasteiger charge is 2.63. The zero-order valence-electron chi connectivity index (χ0n) is 14.7. The molecular weight excluding hydrogens is 370 g/mol. The number of rotatable bonds is 6. The van der Waals surface area contributed by atoms with Crippen LogP contribution in [0.3, 0.4) is 0 Å². The van der Waals surface area contributed by atoms with E-state index < -0.39 is 28.1 Å². The first-order valence-corrected chi connectivity index (χ1v) is 8.88. The van der Waals surface area contributed by atoms with E-state index in [0.29, 0.717) is 18.4 Å². The van der Waals surface area contributed by atoms with Crippen molar-refractivity contribution in [1.29, 1.82) is 0 Å². The second-order valence-corrected chi connectivity index (χ2v) is 6.62. The van der Waals surface area contributed by atoms with Crippen molar-refractivity contribution in [1.82, 2.24) is 9.80 Å². The highest BCUT2D eigenvalue weighted by atomic mass is 35.5. The second-order valence-electron chi connectivity index (χ2n) is 6.27. The lowest BCUT2D eigenvalue weighted by Gasteiger charge is -2.49. The van der Waals surface area contributed by atoms with Crippen molar-refractivity contribution >= 4 is 41.2 Å². The molecule has 0 saturated carbocycles. The number of halogens is 1. The topological polar surface area (TPSA) is 87.1 Å². The monoisotopic (exact) mass is 387 g/mol. The summed E-state index contributed by atoms with van der Waals surface area (Å²) >= 11 is 6.08. The average molecular weight is 388 g/mol. The Bertz CT molecular complexity index is 840. The number of amides is 2. The Morgan fingerprint density at radius 3 is 2.48 bits per heavy atom. The number of carbonyl (C=O) groups excluding carboxylic acids is 4. The van der Waals surface area contributed by atoms with E-state index in [9.17, 15) is 19.2 Å². The van der Waals surface area contributed by atoms with Gasteiger partial charge in [0.25, 0.3) is 5.24 Å². The molecule has 2 atom stereocenters. The molecule has 0 bridgehead atoms. The lowest BCUT2D eigenvalue weighted by molar-refractivity contribution is -0.165. The van der Waals surface area contributed by atoms with Gasteiger partial charge in [-0.05, 0) is 36.2 Å². The Balaban J connectivity index is 2.29. The zero-order chi connectivity index (χ0) is 19.7. The third-order valence-corrected chi connectivity index (χ3v) is 5.33. The number of nitrogens with zero attached hydrogens (tertiary/aromatic N) is 3. The summed E-state index contributed by atoms with van der Waals surface area (Å²) < 4.78 is 0. The van der Waals surface area contributed by atoms with E-state index in [2.05, 4.69) is 4.99 Å². The standard InChI is InChI=1S/C19H18ClN3O4/c1-2-22-11-12-23(16(26)15(22)25)19(17(20)27,14-7-4-3-5-8-14)18(13-24)9-6-10-21-18/h3-10,13H,2,11-12H2,1H3. The molecule has 7 nitrogen and oxygen atoms in total. The smallest absolute Gasteiger partial charge is 0.313 e. The molecule has 0 spiro atoms. The van der Waals surface area contributed by atoms with Crippen molar-refractivity contribution in [2.45, 2.75) is 18.0 Å². The lowest BCUT2D eigenvalue weighted by atomic mass is 9.72. The van der Waals surface area contributed by atoms with Gasteiger partial charge in [-0.25, -0.2) is 0 Å². The molecule has 1 fully saturated rings. The number of aldehydes is 1. The van der Waals surface area contributed by atoms with Gasteiger partial charge in [0.05, 0.1) is 0 Å². The fourth-order valence-corrected chi connectivity index (χ4v) is 4.09. The van der Waals surface area contributed by atoms with Gasteiger partial charge >= 0.3 is 11.8 Å². The lowest BCUT2D eigenvalue weighted by Crippen LogP contribution is -2.70. The van der Waals surface area contributed by atoms with Crippen molar-refractivity contribution in [2.24, 2.45) is 4.99 Å². The Morgan fingerprint density at radius 2 is 1.96 bits per heavy atom. The largest absolute Gasteiger partial charge is 0.333 e. The maximum atomic E-state index is 13.0. The fraction of sp³-hybridized carbons (Fsp3) is 0.316. The van der Waals surface area contributed by atoms with E-state index in [4.69, 9.17) is 11.6 Å². The van der Waals surface area contributed by atoms with Crippen LogP contribution in [-0.4, -0.2) is 64.5 Å². The normalized spacial score (nSPS) is 24.2. The van der Waals surface area contributed by atoms with Crippen LogP contribution in [0.5, 0.6) is 0 Å². The molecule has 8 heteroatoms. The van der Waals surface area contributed by atoms with Crippen LogP contribution in [0.4, 0.5) is 0 Å². The summed E-state index contributed by atoms with van der Waals surface area (Å²) in [6, 6.07) is 8.25. The van der Waals surface area contributed by atoms with Gasteiger partial charge in [0.15, 0.2) is 17.4 Å². The summed E-state index contributed by atoms with van der Waals surface area (Å²) in [5.41, 5.74) is -3.41. The predicted octanol–water partition coefficient (Wildman–Crippen LogP) is 0.916. The SMILES string of the molecule is CCN1CCN(C(C(=O)Cl)(c2ccccc2)C2(C=O)C=CC=N2)C(=O)C1=O. The molecule has 140 valence electrons. The molecule has 2 aliphatic heterocycles. The molecule has 0 radical (unpaired) electrons. The Morgan fingerprint density at radius 1 is 1.26 bits per heavy atom. The first-order valence-electron chi connectivity index (χ1n) is 8.50. The molecule has 27 heavy (non-hydrogen) atoms. The summed E-state index contributed by atoms with van der Waals surface area (Å²) in [6.45, 7) is 2.39. The number of hydrogen-bond donors (Lipinski definition) is 0. The van der Waals surface area contributed by atoms with Crippen molar-refractivity contribution < 1.29 is 19.2 Å². The van der Waals surface area contributed by atoms with Crippen LogP contribution in [0, 0.1) is 0 Å². The van der Waals surface area contributed by atoms with Gasteiger partial charge < -0.3 is 14.6 Å². The summed E-state index contributed by atoms with van der Waals surface area (Å²) in [6.07, 6.45) is 4.81. The first kappa shape index (κ1) is 19.0. The summed E-state index contributed by atoms with van der Waals surface area (Å²) in [7, 11) is 0. The molecule has 1 aromatic carbocycles. The van der Waals surface area contributed by atoms with Crippen molar-refractivity contribution in [2.75, 3.05) is 19.6 Å². The summed E-state index contributed by atoms with van der Waals surface area (Å²) in [4.78, 5) is 57.2. The van der Waals surface area contributed by atoms with Gasteiger partial charge in [-0.2, -0.15) is 0 Å². The molecule has 0 N–H and O–H groups in total. The number of aliphatic imine (C=N–C) groups is 1. The molecule has 0 aromatic heterocycles. The minimum absolute atomic E-state index is 0.0463. The third kappa shape index (κ3) is 2.61. The Kier molecular flexibility index (Phi) is 4.97. The van der Waals surface area contributed by atoms with Crippen LogP contribution in [-0.2, 0) is 24.7 Å². The van der Waals surface area contributed by atoms with E-state index in [1.54, 1.807) is 37.3 Å². The summed E-state index contributed by atoms with van der Waals surface area (Å²) in [5, 5.41) is -0.962. The maximum absolute atomic E-state index is 13.0. The molecule has 0 aliphatic carbocycles. The van der Waals surface area contributed by atoms with Crippen LogP contribution >= 0.6 is 11.6 Å². The Labute approximate surface area is 161 Å². The van der Waals surface area contributed by atoms with Crippen molar-refractivity contribution in [3.05, 3.63) is 48.0 Å². The average Bonchev–Trinajstić information content (AvgIpc) is 3.17. The van der Waals surface area contributed by atoms with E-state index in [-0.39, 0.29) is 13.1 Å². The van der Waals surface area contributed by atoms with E-state index in [1.165, 1.54) is 23.3 Å². The van der Waals surface area contributed by atoms with Crippen molar-refractivity contribution in [3.63, 3.8) is 0 Å². The molecule has 3 rings (SSSR count). The number of likely N-dealkylation sites (N-methyl/N-ethyl adjacent to an activating group) is 1. The fourth-order valence-electron chi connectivity index (χ4n) is 3.72. The minimum atomic E-state index is -1.96. The van der Waals surface area contributed by atoms with Crippen LogP contribution in [0.2, 0.25) is 0 Å². The van der Waals surface area contributed by atoms with Gasteiger partial charge in [-0.15, -0.1) is 0 Å². The highest BCUT2D eigenvalue weighted by molar-refractivity contribution is 6.66. The maximum Gasteiger partial charge on any atom is 0.313 e.